The lowest BCUT2D eigenvalue weighted by atomic mass is 10.1. The number of halogens is 4. The number of pyridine rings is 1. The number of ether oxygens (including phenoxy) is 1. The Hall–Kier alpha value is -3.00. The van der Waals surface area contributed by atoms with E-state index in [1.807, 2.05) is 4.90 Å². The number of carbonyl (C=O) groups excluding carboxylic acids is 1. The van der Waals surface area contributed by atoms with Crippen LogP contribution in [0.5, 0.6) is 5.75 Å². The van der Waals surface area contributed by atoms with E-state index in [1.54, 1.807) is 16.4 Å². The van der Waals surface area contributed by atoms with Gasteiger partial charge in [0.2, 0.25) is 5.43 Å². The molecule has 15 heteroatoms. The van der Waals surface area contributed by atoms with Crippen LogP contribution < -0.4 is 20.4 Å². The fourth-order valence-corrected chi connectivity index (χ4v) is 4.94. The van der Waals surface area contributed by atoms with Crippen LogP contribution in [0.3, 0.4) is 0 Å². The molecule has 202 valence electrons. The smallest absolute Gasteiger partial charge is 0.341 e. The molecule has 2 N–H and O–H groups in total. The van der Waals surface area contributed by atoms with Gasteiger partial charge in [-0.3, -0.25) is 14.5 Å². The number of amides is 1. The normalized spacial score (nSPS) is 14.1. The van der Waals surface area contributed by atoms with Crippen LogP contribution >= 0.6 is 39.1 Å². The summed E-state index contributed by atoms with van der Waals surface area (Å²) >= 11 is 14.9. The first-order valence-electron chi connectivity index (χ1n) is 11.4. The molecule has 3 aromatic rings. The summed E-state index contributed by atoms with van der Waals surface area (Å²) in [6.45, 7) is 4.05. The summed E-state index contributed by atoms with van der Waals surface area (Å²) in [5.74, 6) is -2.45. The van der Waals surface area contributed by atoms with E-state index in [1.165, 1.54) is 13.3 Å². The fourth-order valence-electron chi connectivity index (χ4n) is 4.30. The molecule has 1 amide bonds. The molecule has 1 aliphatic rings. The average Bonchev–Trinajstić information content (AvgIpc) is 2.89. The molecule has 1 aromatic carbocycles. The van der Waals surface area contributed by atoms with Crippen molar-refractivity contribution in [3.63, 3.8) is 0 Å². The van der Waals surface area contributed by atoms with Gasteiger partial charge in [-0.25, -0.2) is 19.2 Å². The maximum absolute atomic E-state index is 15.4. The summed E-state index contributed by atoms with van der Waals surface area (Å²) < 4.78 is 22.7. The molecule has 1 fully saturated rings. The number of benzene rings is 1. The number of aromatic nitrogens is 3. The molecule has 0 unspecified atom stereocenters. The first-order chi connectivity index (χ1) is 18.1. The van der Waals surface area contributed by atoms with Gasteiger partial charge in [-0.15, -0.1) is 0 Å². The molecule has 1 aliphatic heterocycles. The Morgan fingerprint density at radius 2 is 1.89 bits per heavy atom. The van der Waals surface area contributed by atoms with Gasteiger partial charge in [-0.2, -0.15) is 0 Å². The van der Waals surface area contributed by atoms with E-state index in [-0.39, 0.29) is 44.1 Å². The third kappa shape index (κ3) is 5.28. The highest BCUT2D eigenvalue weighted by molar-refractivity contribution is 9.10. The van der Waals surface area contributed by atoms with Gasteiger partial charge in [-0.05, 0) is 28.9 Å². The van der Waals surface area contributed by atoms with Crippen LogP contribution in [0.15, 0.2) is 21.7 Å². The van der Waals surface area contributed by atoms with Crippen molar-refractivity contribution in [2.45, 2.75) is 13.5 Å². The summed E-state index contributed by atoms with van der Waals surface area (Å²) in [5.41, 5.74) is -0.788. The van der Waals surface area contributed by atoms with E-state index in [0.29, 0.717) is 38.2 Å². The van der Waals surface area contributed by atoms with Gasteiger partial charge in [0, 0.05) is 38.9 Å². The van der Waals surface area contributed by atoms with Gasteiger partial charge in [0.1, 0.15) is 15.9 Å². The zero-order chi connectivity index (χ0) is 27.7. The number of methoxy groups -OCH3 is 1. The Labute approximate surface area is 234 Å². The monoisotopic (exact) mass is 630 g/mol. The van der Waals surface area contributed by atoms with Crippen molar-refractivity contribution in [3.8, 4) is 5.75 Å². The van der Waals surface area contributed by atoms with Gasteiger partial charge in [-0.1, -0.05) is 23.2 Å². The standard InChI is InChI=1S/C23H22BrCl2FN6O5/c1-3-32-9-12(23(36)37)17(34)11-8-13(27)16(18(38-2)15(11)32)33-6-4-31(5-7-33)10-28-22(35)14-20(25)30-21(26)19(24)29-14/h8-9H,3-7,10H2,1-2H3,(H,28,35)(H,36,37). The van der Waals surface area contributed by atoms with Gasteiger partial charge in [0.05, 0.1) is 24.7 Å². The molecular weight excluding hydrogens is 610 g/mol. The summed E-state index contributed by atoms with van der Waals surface area (Å²) in [6, 6.07) is 1.07. The number of fused-ring (bicyclic) bond motifs is 1. The zero-order valence-electron chi connectivity index (χ0n) is 20.2. The number of piperazine rings is 1. The van der Waals surface area contributed by atoms with E-state index >= 15 is 4.39 Å². The van der Waals surface area contributed by atoms with Crippen LogP contribution in [0, 0.1) is 5.82 Å². The lowest BCUT2D eigenvalue weighted by Gasteiger charge is -2.37. The number of aromatic carboxylic acids is 1. The van der Waals surface area contributed by atoms with Gasteiger partial charge >= 0.3 is 5.97 Å². The first-order valence-corrected chi connectivity index (χ1v) is 12.9. The van der Waals surface area contributed by atoms with Crippen molar-refractivity contribution in [2.75, 3.05) is 44.9 Å². The summed E-state index contributed by atoms with van der Waals surface area (Å²) in [5, 5.41) is 12.0. The molecule has 0 saturated carbocycles. The Morgan fingerprint density at radius 1 is 1.21 bits per heavy atom. The van der Waals surface area contributed by atoms with Crippen molar-refractivity contribution >= 4 is 67.6 Å². The maximum atomic E-state index is 15.4. The molecule has 0 spiro atoms. The van der Waals surface area contributed by atoms with Crippen LogP contribution in [0.25, 0.3) is 10.9 Å². The molecule has 11 nitrogen and oxygen atoms in total. The van der Waals surface area contributed by atoms with Gasteiger partial charge in [0.25, 0.3) is 5.91 Å². The van der Waals surface area contributed by atoms with Crippen molar-refractivity contribution in [1.29, 1.82) is 0 Å². The third-order valence-corrected chi connectivity index (χ3v) is 7.47. The Balaban J connectivity index is 1.54. The summed E-state index contributed by atoms with van der Waals surface area (Å²) in [7, 11) is 1.38. The van der Waals surface area contributed by atoms with Crippen molar-refractivity contribution < 1.29 is 23.8 Å². The molecule has 4 rings (SSSR count). The SMILES string of the molecule is CCn1cc(C(=O)O)c(=O)c2cc(F)c(N3CCN(CNC(=O)c4nc(Br)c(Cl)nc4Cl)CC3)c(OC)c21. The third-order valence-electron chi connectivity index (χ3n) is 6.16. The topological polar surface area (TPSA) is 130 Å². The Bertz CT molecular complexity index is 1500. The minimum absolute atomic E-state index is 0.0391. The van der Waals surface area contributed by atoms with Gasteiger partial charge < -0.3 is 24.6 Å². The first kappa shape index (κ1) is 28.0. The lowest BCUT2D eigenvalue weighted by molar-refractivity contribution is 0.0694. The predicted octanol–water partition coefficient (Wildman–Crippen LogP) is 3.24. The molecule has 0 bridgehead atoms. The predicted molar refractivity (Wildman–Crippen MR) is 143 cm³/mol. The largest absolute Gasteiger partial charge is 0.492 e. The molecule has 1 saturated heterocycles. The number of carboxylic acid groups (broad SMARTS) is 1. The maximum Gasteiger partial charge on any atom is 0.341 e. The second kappa shape index (κ2) is 11.4. The number of aryl methyl sites for hydroxylation is 1. The number of hydrogen-bond donors (Lipinski definition) is 2. The average molecular weight is 632 g/mol. The van der Waals surface area contributed by atoms with Crippen LogP contribution in [-0.4, -0.2) is 76.4 Å². The quantitative estimate of drug-likeness (QED) is 0.404. The molecule has 3 heterocycles. The number of rotatable bonds is 7. The minimum atomic E-state index is -1.39. The number of nitrogens with one attached hydrogen (secondary N) is 1. The number of hydrogen-bond acceptors (Lipinski definition) is 8. The minimum Gasteiger partial charge on any atom is -0.492 e. The molecule has 2 aromatic heterocycles. The van der Waals surface area contributed by atoms with Gasteiger partial charge in [0.15, 0.2) is 27.6 Å². The van der Waals surface area contributed by atoms with Crippen LogP contribution in [0.2, 0.25) is 10.3 Å². The van der Waals surface area contributed by atoms with Crippen LogP contribution in [-0.2, 0) is 6.54 Å². The van der Waals surface area contributed by atoms with Crippen molar-refractivity contribution in [3.05, 3.63) is 54.5 Å². The van der Waals surface area contributed by atoms with E-state index < -0.39 is 28.7 Å². The molecule has 0 atom stereocenters. The van der Waals surface area contributed by atoms with E-state index in [0.717, 1.165) is 6.07 Å². The molecular formula is C23H22BrCl2FN6O5. The zero-order valence-corrected chi connectivity index (χ0v) is 23.3. The highest BCUT2D eigenvalue weighted by atomic mass is 79.9. The van der Waals surface area contributed by atoms with E-state index in [2.05, 4.69) is 31.2 Å². The second-order valence-corrected chi connectivity index (χ2v) is 9.78. The second-order valence-electron chi connectivity index (χ2n) is 8.31. The number of nitrogens with zero attached hydrogens (tertiary/aromatic N) is 5. The summed E-state index contributed by atoms with van der Waals surface area (Å²) in [6.07, 6.45) is 1.24. The van der Waals surface area contributed by atoms with Crippen molar-refractivity contribution in [1.82, 2.24) is 24.8 Å². The number of carbonyl (C=O) groups is 2. The van der Waals surface area contributed by atoms with Crippen molar-refractivity contribution in [2.24, 2.45) is 0 Å². The Morgan fingerprint density at radius 3 is 2.50 bits per heavy atom. The van der Waals surface area contributed by atoms with Crippen LogP contribution in [0.1, 0.15) is 27.8 Å². The molecule has 38 heavy (non-hydrogen) atoms. The van der Waals surface area contributed by atoms with E-state index in [4.69, 9.17) is 27.9 Å². The lowest BCUT2D eigenvalue weighted by Crippen LogP contribution is -2.50. The molecule has 0 aliphatic carbocycles. The fraction of sp³-hybridized carbons (Fsp3) is 0.348. The number of carboxylic acids is 1. The highest BCUT2D eigenvalue weighted by Crippen LogP contribution is 2.38. The molecule has 0 radical (unpaired) electrons. The summed E-state index contributed by atoms with van der Waals surface area (Å²) in [4.78, 5) is 48.5. The van der Waals surface area contributed by atoms with Crippen LogP contribution in [0.4, 0.5) is 10.1 Å². The number of anilines is 1. The van der Waals surface area contributed by atoms with E-state index in [9.17, 15) is 19.5 Å². The highest BCUT2D eigenvalue weighted by Gasteiger charge is 2.28. The Kier molecular flexibility index (Phi) is 8.40.